The highest BCUT2D eigenvalue weighted by Gasteiger charge is 2.21. The van der Waals surface area contributed by atoms with Gasteiger partial charge in [-0.3, -0.25) is 4.98 Å². The van der Waals surface area contributed by atoms with Gasteiger partial charge in [-0.2, -0.15) is 0 Å². The fourth-order valence-electron chi connectivity index (χ4n) is 2.46. The Bertz CT molecular complexity index is 340. The van der Waals surface area contributed by atoms with E-state index < -0.39 is 0 Å². The molecule has 2 rings (SSSR count). The van der Waals surface area contributed by atoms with Crippen molar-refractivity contribution in [2.75, 3.05) is 19.6 Å². The van der Waals surface area contributed by atoms with Crippen LogP contribution >= 0.6 is 15.9 Å². The lowest BCUT2D eigenvalue weighted by Crippen LogP contribution is -2.35. The zero-order valence-electron chi connectivity index (χ0n) is 10.6. The second kappa shape index (κ2) is 5.96. The molecule has 17 heavy (non-hydrogen) atoms. The van der Waals surface area contributed by atoms with Gasteiger partial charge in [-0.15, -0.1) is 0 Å². The minimum Gasteiger partial charge on any atom is -0.303 e. The lowest BCUT2D eigenvalue weighted by atomic mass is 9.92. The van der Waals surface area contributed by atoms with Crippen LogP contribution in [0.4, 0.5) is 0 Å². The number of aromatic nitrogens is 1. The number of halogens is 1. The summed E-state index contributed by atoms with van der Waals surface area (Å²) in [5, 5.41) is 0. The Morgan fingerprint density at radius 3 is 2.59 bits per heavy atom. The summed E-state index contributed by atoms with van der Waals surface area (Å²) in [5.41, 5.74) is 1.25. The largest absolute Gasteiger partial charge is 0.303 e. The van der Waals surface area contributed by atoms with Crippen molar-refractivity contribution in [3.63, 3.8) is 0 Å². The van der Waals surface area contributed by atoms with Gasteiger partial charge in [0.05, 0.1) is 0 Å². The Kier molecular flexibility index (Phi) is 4.57. The Balaban J connectivity index is 1.88. The van der Waals surface area contributed by atoms with Crippen molar-refractivity contribution in [1.29, 1.82) is 0 Å². The van der Waals surface area contributed by atoms with Crippen molar-refractivity contribution >= 4 is 15.9 Å². The van der Waals surface area contributed by atoms with E-state index in [4.69, 9.17) is 0 Å². The highest BCUT2D eigenvalue weighted by atomic mass is 79.9. The molecule has 1 aliphatic heterocycles. The van der Waals surface area contributed by atoms with E-state index in [1.165, 1.54) is 37.5 Å². The van der Waals surface area contributed by atoms with Gasteiger partial charge >= 0.3 is 0 Å². The van der Waals surface area contributed by atoms with Crippen molar-refractivity contribution in [1.82, 2.24) is 9.88 Å². The fourth-order valence-corrected chi connectivity index (χ4v) is 2.70. The van der Waals surface area contributed by atoms with Crippen molar-refractivity contribution in [2.24, 2.45) is 0 Å². The summed E-state index contributed by atoms with van der Waals surface area (Å²) >= 11 is 3.43. The molecular weight excluding hydrogens is 276 g/mol. The predicted molar refractivity (Wildman–Crippen MR) is 74.9 cm³/mol. The summed E-state index contributed by atoms with van der Waals surface area (Å²) in [5.74, 6) is 2.15. The van der Waals surface area contributed by atoms with Crippen molar-refractivity contribution < 1.29 is 0 Å². The molecule has 0 aromatic carbocycles. The molecular formula is C14H20BrN2. The highest BCUT2D eigenvalue weighted by Crippen LogP contribution is 2.27. The van der Waals surface area contributed by atoms with E-state index in [9.17, 15) is 0 Å². The van der Waals surface area contributed by atoms with Gasteiger partial charge in [-0.1, -0.05) is 13.8 Å². The lowest BCUT2D eigenvalue weighted by molar-refractivity contribution is 0.218. The fraction of sp³-hybridized carbons (Fsp3) is 0.571. The SMILES string of the molecule is C[C](C)CN1CCC(c2ccc(Br)cn2)CC1. The van der Waals surface area contributed by atoms with Crippen LogP contribution in [0.5, 0.6) is 0 Å². The van der Waals surface area contributed by atoms with Gasteiger partial charge in [0.2, 0.25) is 0 Å². The van der Waals surface area contributed by atoms with Crippen LogP contribution in [0.2, 0.25) is 0 Å². The number of likely N-dealkylation sites (tertiary alicyclic amines) is 1. The van der Waals surface area contributed by atoms with E-state index in [0.717, 1.165) is 11.0 Å². The van der Waals surface area contributed by atoms with Crippen LogP contribution in [0.25, 0.3) is 0 Å². The van der Waals surface area contributed by atoms with Crippen molar-refractivity contribution in [3.05, 3.63) is 34.4 Å². The Hall–Kier alpha value is -0.410. The molecule has 1 aromatic heterocycles. The number of hydrogen-bond acceptors (Lipinski definition) is 2. The molecule has 2 heterocycles. The summed E-state index contributed by atoms with van der Waals surface area (Å²) in [6, 6.07) is 4.25. The minimum atomic E-state index is 0.650. The second-order valence-corrected chi connectivity index (χ2v) is 6.07. The van der Waals surface area contributed by atoms with Gasteiger partial charge < -0.3 is 4.90 Å². The van der Waals surface area contributed by atoms with Crippen LogP contribution in [0.15, 0.2) is 22.8 Å². The molecule has 0 N–H and O–H groups in total. The van der Waals surface area contributed by atoms with Crippen LogP contribution in [0.3, 0.4) is 0 Å². The van der Waals surface area contributed by atoms with E-state index in [-0.39, 0.29) is 0 Å². The third-order valence-electron chi connectivity index (χ3n) is 3.30. The zero-order chi connectivity index (χ0) is 12.3. The third-order valence-corrected chi connectivity index (χ3v) is 3.77. The molecule has 1 saturated heterocycles. The number of piperidine rings is 1. The van der Waals surface area contributed by atoms with Gasteiger partial charge in [0, 0.05) is 28.8 Å². The lowest BCUT2D eigenvalue weighted by Gasteiger charge is -2.32. The van der Waals surface area contributed by atoms with E-state index in [2.05, 4.69) is 51.8 Å². The normalized spacial score (nSPS) is 18.8. The molecule has 1 aromatic rings. The van der Waals surface area contributed by atoms with Crippen LogP contribution in [0, 0.1) is 5.92 Å². The molecule has 3 heteroatoms. The number of hydrogen-bond donors (Lipinski definition) is 0. The molecule has 0 atom stereocenters. The molecule has 0 spiro atoms. The third kappa shape index (κ3) is 3.78. The first kappa shape index (κ1) is 13.0. The summed E-state index contributed by atoms with van der Waals surface area (Å²) in [6.45, 7) is 7.98. The quantitative estimate of drug-likeness (QED) is 0.846. The summed E-state index contributed by atoms with van der Waals surface area (Å²) in [4.78, 5) is 7.06. The number of rotatable bonds is 3. The summed E-state index contributed by atoms with van der Waals surface area (Å²) < 4.78 is 1.06. The molecule has 0 unspecified atom stereocenters. The highest BCUT2D eigenvalue weighted by molar-refractivity contribution is 9.10. The molecule has 0 aliphatic carbocycles. The van der Waals surface area contributed by atoms with Gasteiger partial charge in [0.15, 0.2) is 0 Å². The molecule has 1 fully saturated rings. The first-order valence-electron chi connectivity index (χ1n) is 6.28. The van der Waals surface area contributed by atoms with Gasteiger partial charge in [-0.05, 0) is 59.9 Å². The van der Waals surface area contributed by atoms with Crippen molar-refractivity contribution in [2.45, 2.75) is 32.6 Å². The molecule has 0 saturated carbocycles. The Morgan fingerprint density at radius 1 is 1.35 bits per heavy atom. The predicted octanol–water partition coefficient (Wildman–Crippen LogP) is 3.64. The smallest absolute Gasteiger partial charge is 0.0436 e. The molecule has 2 nitrogen and oxygen atoms in total. The van der Waals surface area contributed by atoms with Gasteiger partial charge in [0.25, 0.3) is 0 Å². The van der Waals surface area contributed by atoms with Crippen LogP contribution in [0.1, 0.15) is 38.3 Å². The first-order valence-corrected chi connectivity index (χ1v) is 7.07. The van der Waals surface area contributed by atoms with Crippen molar-refractivity contribution in [3.8, 4) is 0 Å². The van der Waals surface area contributed by atoms with Gasteiger partial charge in [-0.25, -0.2) is 0 Å². The van der Waals surface area contributed by atoms with E-state index in [0.29, 0.717) is 5.92 Å². The summed E-state index contributed by atoms with van der Waals surface area (Å²) in [6.07, 6.45) is 4.38. The maximum atomic E-state index is 4.52. The van der Waals surface area contributed by atoms with Crippen LogP contribution < -0.4 is 0 Å². The maximum absolute atomic E-state index is 4.52. The second-order valence-electron chi connectivity index (χ2n) is 5.16. The molecule has 93 valence electrons. The molecule has 0 bridgehead atoms. The van der Waals surface area contributed by atoms with Crippen LogP contribution in [-0.2, 0) is 0 Å². The van der Waals surface area contributed by atoms with E-state index in [1.54, 1.807) is 0 Å². The Morgan fingerprint density at radius 2 is 2.06 bits per heavy atom. The average Bonchev–Trinajstić information content (AvgIpc) is 2.30. The minimum absolute atomic E-state index is 0.650. The standard InChI is InChI=1S/C14H20BrN2/c1-11(2)10-17-7-5-12(6-8-17)14-4-3-13(15)9-16-14/h3-4,9,12H,5-8,10H2,1-2H3. The topological polar surface area (TPSA) is 16.1 Å². The Labute approximate surface area is 113 Å². The molecule has 1 aliphatic rings. The summed E-state index contributed by atoms with van der Waals surface area (Å²) in [7, 11) is 0. The van der Waals surface area contributed by atoms with E-state index in [1.807, 2.05) is 6.20 Å². The average molecular weight is 296 g/mol. The monoisotopic (exact) mass is 295 g/mol. The first-order chi connectivity index (χ1) is 8.15. The molecule has 0 amide bonds. The maximum Gasteiger partial charge on any atom is 0.0436 e. The number of pyridine rings is 1. The number of nitrogens with zero attached hydrogens (tertiary/aromatic N) is 2. The zero-order valence-corrected chi connectivity index (χ0v) is 12.2. The van der Waals surface area contributed by atoms with E-state index >= 15 is 0 Å². The van der Waals surface area contributed by atoms with Crippen LogP contribution in [-0.4, -0.2) is 29.5 Å². The molecule has 1 radical (unpaired) electrons. The van der Waals surface area contributed by atoms with Gasteiger partial charge in [0.1, 0.15) is 0 Å².